The van der Waals surface area contributed by atoms with Crippen LogP contribution in [0.1, 0.15) is 162 Å². The minimum atomic E-state index is -1.13. The zero-order valence-electron chi connectivity index (χ0n) is 34.0. The maximum absolute atomic E-state index is 12.6. The molecule has 0 aromatic carbocycles. The van der Waals surface area contributed by atoms with Crippen LogP contribution in [-0.2, 0) is 28.6 Å². The smallest absolute Gasteiger partial charge is 0.306 e. The van der Waals surface area contributed by atoms with Gasteiger partial charge in [-0.05, 0) is 57.8 Å². The van der Waals surface area contributed by atoms with Gasteiger partial charge in [0, 0.05) is 19.3 Å². The summed E-state index contributed by atoms with van der Waals surface area (Å²) in [6.07, 6.45) is 39.9. The Labute approximate surface area is 318 Å². The predicted molar refractivity (Wildman–Crippen MR) is 213 cm³/mol. The van der Waals surface area contributed by atoms with Crippen LogP contribution in [0.2, 0.25) is 0 Å². The summed E-state index contributed by atoms with van der Waals surface area (Å²) in [4.78, 5) is 36.7. The standard InChI is InChI=1S/C44H77NO7/c1-6-8-10-12-14-16-18-19-20-21-22-23-24-25-27-28-30-32-34-42(46)51-39-40(38-50-37-36-41(44(48)49)45(3,4)5)52-43(47)35-33-31-29-26-17-15-13-11-9-7-2/h13,15,18-23,40-41H,6-12,14,16-17,24-39H2,1-5H3/b15-13+,19-18+,21-20+,23-22+. The molecular weight excluding hydrogens is 654 g/mol. The highest BCUT2D eigenvalue weighted by atomic mass is 16.6. The van der Waals surface area contributed by atoms with Crippen molar-refractivity contribution in [1.82, 2.24) is 0 Å². The zero-order chi connectivity index (χ0) is 38.5. The zero-order valence-corrected chi connectivity index (χ0v) is 34.0. The lowest BCUT2D eigenvalue weighted by atomic mass is 10.1. The van der Waals surface area contributed by atoms with E-state index >= 15 is 0 Å². The van der Waals surface area contributed by atoms with Gasteiger partial charge in [-0.1, -0.05) is 133 Å². The van der Waals surface area contributed by atoms with Gasteiger partial charge in [-0.2, -0.15) is 0 Å². The summed E-state index contributed by atoms with van der Waals surface area (Å²) in [5.41, 5.74) is 0. The average molecular weight is 732 g/mol. The van der Waals surface area contributed by atoms with Gasteiger partial charge in [0.1, 0.15) is 12.6 Å². The first-order valence-corrected chi connectivity index (χ1v) is 20.7. The Morgan fingerprint density at radius 1 is 0.577 bits per heavy atom. The fourth-order valence-electron chi connectivity index (χ4n) is 5.70. The number of esters is 2. The summed E-state index contributed by atoms with van der Waals surface area (Å²) < 4.78 is 17.1. The van der Waals surface area contributed by atoms with Crippen LogP contribution in [0, 0.1) is 0 Å². The number of carbonyl (C=O) groups excluding carboxylic acids is 3. The number of carboxylic acid groups (broad SMARTS) is 1. The minimum Gasteiger partial charge on any atom is -0.544 e. The molecule has 8 heteroatoms. The van der Waals surface area contributed by atoms with Crippen molar-refractivity contribution < 1.29 is 38.2 Å². The highest BCUT2D eigenvalue weighted by Gasteiger charge is 2.25. The van der Waals surface area contributed by atoms with E-state index in [1.807, 2.05) is 0 Å². The summed E-state index contributed by atoms with van der Waals surface area (Å²) in [5.74, 6) is -1.78. The van der Waals surface area contributed by atoms with E-state index in [1.165, 1.54) is 44.9 Å². The minimum absolute atomic E-state index is 0.0282. The second kappa shape index (κ2) is 35.3. The van der Waals surface area contributed by atoms with Gasteiger partial charge in [0.25, 0.3) is 0 Å². The largest absolute Gasteiger partial charge is 0.544 e. The summed E-state index contributed by atoms with van der Waals surface area (Å²) in [6.45, 7) is 4.55. The van der Waals surface area contributed by atoms with Crippen molar-refractivity contribution in [2.24, 2.45) is 0 Å². The van der Waals surface area contributed by atoms with E-state index in [0.29, 0.717) is 12.8 Å². The number of hydrogen-bond donors (Lipinski definition) is 0. The molecule has 0 aromatic heterocycles. The summed E-state index contributed by atoms with van der Waals surface area (Å²) in [7, 11) is 5.38. The fraction of sp³-hybridized carbons (Fsp3) is 0.750. The third kappa shape index (κ3) is 33.1. The molecule has 0 amide bonds. The lowest BCUT2D eigenvalue weighted by Crippen LogP contribution is -2.55. The van der Waals surface area contributed by atoms with Gasteiger partial charge < -0.3 is 28.6 Å². The molecule has 2 unspecified atom stereocenters. The number of allylic oxidation sites excluding steroid dienone is 8. The first-order valence-electron chi connectivity index (χ1n) is 20.7. The maximum atomic E-state index is 12.6. The van der Waals surface area contributed by atoms with Crippen LogP contribution in [-0.4, -0.2) is 75.5 Å². The van der Waals surface area contributed by atoms with Gasteiger partial charge in [-0.15, -0.1) is 0 Å². The Hall–Kier alpha value is -2.71. The quantitative estimate of drug-likeness (QED) is 0.0208. The van der Waals surface area contributed by atoms with E-state index in [9.17, 15) is 19.5 Å². The summed E-state index contributed by atoms with van der Waals surface area (Å²) in [6, 6.07) is -0.730. The van der Waals surface area contributed by atoms with E-state index in [4.69, 9.17) is 14.2 Å². The fourth-order valence-corrected chi connectivity index (χ4v) is 5.70. The Morgan fingerprint density at radius 2 is 1.06 bits per heavy atom. The average Bonchev–Trinajstić information content (AvgIpc) is 3.09. The van der Waals surface area contributed by atoms with Crippen LogP contribution in [0.5, 0.6) is 0 Å². The van der Waals surface area contributed by atoms with Gasteiger partial charge in [0.05, 0.1) is 40.3 Å². The van der Waals surface area contributed by atoms with Gasteiger partial charge in [0.15, 0.2) is 6.10 Å². The molecule has 0 fully saturated rings. The van der Waals surface area contributed by atoms with Gasteiger partial charge in [-0.25, -0.2) is 0 Å². The molecule has 0 bridgehead atoms. The molecule has 300 valence electrons. The van der Waals surface area contributed by atoms with Crippen molar-refractivity contribution in [3.05, 3.63) is 48.6 Å². The van der Waals surface area contributed by atoms with Crippen LogP contribution in [0.4, 0.5) is 0 Å². The number of aliphatic carboxylic acids is 1. The van der Waals surface area contributed by atoms with Crippen LogP contribution >= 0.6 is 0 Å². The molecule has 0 heterocycles. The second-order valence-corrected chi connectivity index (χ2v) is 14.9. The van der Waals surface area contributed by atoms with Crippen molar-refractivity contribution in [2.45, 2.75) is 174 Å². The van der Waals surface area contributed by atoms with E-state index in [0.717, 1.165) is 83.5 Å². The van der Waals surface area contributed by atoms with Gasteiger partial charge in [0.2, 0.25) is 0 Å². The molecule has 0 aromatic rings. The molecule has 52 heavy (non-hydrogen) atoms. The molecule has 0 rings (SSSR count). The maximum Gasteiger partial charge on any atom is 0.306 e. The lowest BCUT2D eigenvalue weighted by molar-refractivity contribution is -0.889. The summed E-state index contributed by atoms with van der Waals surface area (Å²) >= 11 is 0. The number of ether oxygens (including phenoxy) is 3. The van der Waals surface area contributed by atoms with Gasteiger partial charge in [-0.3, -0.25) is 9.59 Å². The first kappa shape index (κ1) is 49.3. The Balaban J connectivity index is 4.39. The van der Waals surface area contributed by atoms with Crippen molar-refractivity contribution >= 4 is 17.9 Å². The molecule has 0 radical (unpaired) electrons. The van der Waals surface area contributed by atoms with E-state index in [-0.39, 0.29) is 42.7 Å². The Morgan fingerprint density at radius 3 is 1.60 bits per heavy atom. The molecule has 0 spiro atoms. The van der Waals surface area contributed by atoms with E-state index < -0.39 is 18.1 Å². The van der Waals surface area contributed by atoms with Crippen molar-refractivity contribution in [2.75, 3.05) is 41.0 Å². The number of unbranched alkanes of at least 4 members (excludes halogenated alkanes) is 16. The number of rotatable bonds is 36. The number of nitrogens with zero attached hydrogens (tertiary/aromatic N) is 1. The number of likely N-dealkylation sites (N-methyl/N-ethyl adjacent to an activating group) is 1. The van der Waals surface area contributed by atoms with Gasteiger partial charge >= 0.3 is 11.9 Å². The van der Waals surface area contributed by atoms with Crippen LogP contribution < -0.4 is 5.11 Å². The normalized spacial score (nSPS) is 13.5. The molecule has 0 aliphatic heterocycles. The Bertz CT molecular complexity index is 995. The molecule has 0 aliphatic rings. The SMILES string of the molecule is CCCC/C=C/CCCCCCC(=O)OC(COCCC(C(=O)[O-])[N+](C)(C)C)COC(=O)CCCCCCC/C=C/C=C/C=C/CCCCCCC. The molecule has 0 N–H and O–H groups in total. The third-order valence-electron chi connectivity index (χ3n) is 9.00. The molecule has 0 aliphatic carbocycles. The molecule has 8 nitrogen and oxygen atoms in total. The van der Waals surface area contributed by atoms with Crippen LogP contribution in [0.3, 0.4) is 0 Å². The highest BCUT2D eigenvalue weighted by Crippen LogP contribution is 2.12. The first-order chi connectivity index (χ1) is 25.1. The topological polar surface area (TPSA) is 102 Å². The van der Waals surface area contributed by atoms with Crippen molar-refractivity contribution in [3.63, 3.8) is 0 Å². The van der Waals surface area contributed by atoms with Crippen LogP contribution in [0.25, 0.3) is 0 Å². The molecule has 0 saturated heterocycles. The van der Waals surface area contributed by atoms with E-state index in [1.54, 1.807) is 21.1 Å². The summed E-state index contributed by atoms with van der Waals surface area (Å²) in [5, 5.41) is 11.6. The monoisotopic (exact) mass is 732 g/mol. The third-order valence-corrected chi connectivity index (χ3v) is 9.00. The lowest BCUT2D eigenvalue weighted by Gasteiger charge is -2.34. The molecule has 0 saturated carbocycles. The predicted octanol–water partition coefficient (Wildman–Crippen LogP) is 9.52. The number of carboxylic acids is 1. The van der Waals surface area contributed by atoms with Crippen molar-refractivity contribution in [3.8, 4) is 0 Å². The highest BCUT2D eigenvalue weighted by molar-refractivity contribution is 5.70. The molecular formula is C44H77NO7. The number of quaternary nitrogens is 1. The Kier molecular flexibility index (Phi) is 33.5. The number of carbonyl (C=O) groups is 3. The molecule has 2 atom stereocenters. The van der Waals surface area contributed by atoms with Crippen molar-refractivity contribution in [1.29, 1.82) is 0 Å². The number of hydrogen-bond acceptors (Lipinski definition) is 7. The second-order valence-electron chi connectivity index (χ2n) is 14.9. The van der Waals surface area contributed by atoms with E-state index in [2.05, 4.69) is 62.5 Å². The van der Waals surface area contributed by atoms with Crippen LogP contribution in [0.15, 0.2) is 48.6 Å².